The summed E-state index contributed by atoms with van der Waals surface area (Å²) in [5.74, 6) is 0.128. The molecule has 0 spiro atoms. The van der Waals surface area contributed by atoms with Crippen LogP contribution in [0.3, 0.4) is 0 Å². The van der Waals surface area contributed by atoms with Crippen LogP contribution in [0.1, 0.15) is 25.3 Å². The van der Waals surface area contributed by atoms with Crippen LogP contribution in [0.5, 0.6) is 11.5 Å². The number of anilines is 1. The van der Waals surface area contributed by atoms with Crippen LogP contribution in [0.25, 0.3) is 0 Å². The summed E-state index contributed by atoms with van der Waals surface area (Å²) in [6.45, 7) is 2.48. The molecule has 0 saturated carbocycles. The molecule has 2 aromatic rings. The Morgan fingerprint density at radius 2 is 1.62 bits per heavy atom. The van der Waals surface area contributed by atoms with E-state index < -0.39 is 30.7 Å². The molecule has 2 aromatic carbocycles. The number of nitrogens with zero attached hydrogens (tertiary/aromatic N) is 1. The standard InChI is InChI=1S/C27H35F3N2O7/c1-3-38-24(25(33)34)19-20-5-9-23(10-6-20)39-18-15-32(14-17-37-16-4-13-27(28,29)30)26(35)31-21-7-11-22(36-2)12-8-21/h5-12,24H,3-4,13-19H2,1-2H3,(H,31,35)(H,33,34). The Morgan fingerprint density at radius 3 is 2.21 bits per heavy atom. The molecule has 0 aromatic heterocycles. The van der Waals surface area contributed by atoms with Crippen molar-refractivity contribution in [2.75, 3.05) is 51.9 Å². The lowest BCUT2D eigenvalue weighted by Gasteiger charge is -2.23. The smallest absolute Gasteiger partial charge is 0.389 e. The van der Waals surface area contributed by atoms with Gasteiger partial charge in [0.2, 0.25) is 0 Å². The van der Waals surface area contributed by atoms with Gasteiger partial charge in [0.15, 0.2) is 6.10 Å². The summed E-state index contributed by atoms with van der Waals surface area (Å²) in [6, 6.07) is 13.2. The van der Waals surface area contributed by atoms with Crippen molar-refractivity contribution in [1.29, 1.82) is 0 Å². The summed E-state index contributed by atoms with van der Waals surface area (Å²) in [5, 5.41) is 12.0. The van der Waals surface area contributed by atoms with Gasteiger partial charge in [-0.25, -0.2) is 9.59 Å². The number of methoxy groups -OCH3 is 1. The van der Waals surface area contributed by atoms with Gasteiger partial charge < -0.3 is 34.3 Å². The minimum absolute atomic E-state index is 0.0627. The maximum absolute atomic E-state index is 12.9. The van der Waals surface area contributed by atoms with Crippen molar-refractivity contribution in [2.45, 2.75) is 38.5 Å². The molecule has 2 amide bonds. The third-order valence-corrected chi connectivity index (χ3v) is 5.50. The SMILES string of the molecule is CCOC(Cc1ccc(OCCN(CCOCCCC(F)(F)F)C(=O)Nc2ccc(OC)cc2)cc1)C(=O)O. The van der Waals surface area contributed by atoms with E-state index in [2.05, 4.69) is 5.32 Å². The highest BCUT2D eigenvalue weighted by atomic mass is 19.4. The van der Waals surface area contributed by atoms with Crippen LogP contribution in [-0.2, 0) is 20.7 Å². The summed E-state index contributed by atoms with van der Waals surface area (Å²) in [6.07, 6.45) is -6.03. The fourth-order valence-corrected chi connectivity index (χ4v) is 3.47. The maximum atomic E-state index is 12.9. The molecule has 0 saturated heterocycles. The number of amides is 2. The van der Waals surface area contributed by atoms with E-state index in [0.717, 1.165) is 5.56 Å². The number of ether oxygens (including phenoxy) is 4. The zero-order valence-electron chi connectivity index (χ0n) is 22.0. The van der Waals surface area contributed by atoms with Crippen LogP contribution in [0.2, 0.25) is 0 Å². The monoisotopic (exact) mass is 556 g/mol. The number of carboxylic acids is 1. The average molecular weight is 557 g/mol. The number of carbonyl (C=O) groups excluding carboxylic acids is 1. The van der Waals surface area contributed by atoms with E-state index in [1.165, 1.54) is 12.0 Å². The van der Waals surface area contributed by atoms with Gasteiger partial charge in [0.1, 0.15) is 18.1 Å². The number of carbonyl (C=O) groups is 2. The van der Waals surface area contributed by atoms with Gasteiger partial charge in [-0.2, -0.15) is 13.2 Å². The van der Waals surface area contributed by atoms with E-state index in [9.17, 15) is 27.9 Å². The molecule has 0 aliphatic rings. The number of aliphatic carboxylic acids is 1. The van der Waals surface area contributed by atoms with Crippen LogP contribution < -0.4 is 14.8 Å². The largest absolute Gasteiger partial charge is 0.497 e. The maximum Gasteiger partial charge on any atom is 0.389 e. The Morgan fingerprint density at radius 1 is 0.974 bits per heavy atom. The molecule has 1 unspecified atom stereocenters. The number of carboxylic acid groups (broad SMARTS) is 1. The van der Waals surface area contributed by atoms with Crippen molar-refractivity contribution in [2.24, 2.45) is 0 Å². The highest BCUT2D eigenvalue weighted by Gasteiger charge is 2.26. The molecular weight excluding hydrogens is 521 g/mol. The molecular formula is C27H35F3N2O7. The van der Waals surface area contributed by atoms with E-state index in [1.54, 1.807) is 55.5 Å². The van der Waals surface area contributed by atoms with Gasteiger partial charge in [0.25, 0.3) is 0 Å². The van der Waals surface area contributed by atoms with Crippen molar-refractivity contribution < 1.29 is 46.8 Å². The lowest BCUT2D eigenvalue weighted by Crippen LogP contribution is -2.40. The molecule has 0 heterocycles. The summed E-state index contributed by atoms with van der Waals surface area (Å²) >= 11 is 0. The second-order valence-corrected chi connectivity index (χ2v) is 8.46. The first kappa shape index (κ1) is 31.7. The van der Waals surface area contributed by atoms with E-state index in [1.807, 2.05) is 0 Å². The first-order valence-electron chi connectivity index (χ1n) is 12.5. The highest BCUT2D eigenvalue weighted by molar-refractivity contribution is 5.89. The van der Waals surface area contributed by atoms with E-state index in [-0.39, 0.29) is 45.8 Å². The lowest BCUT2D eigenvalue weighted by molar-refractivity contribution is -0.150. The van der Waals surface area contributed by atoms with Gasteiger partial charge >= 0.3 is 18.2 Å². The number of halogens is 3. The first-order chi connectivity index (χ1) is 18.6. The molecule has 216 valence electrons. The number of rotatable bonds is 17. The van der Waals surface area contributed by atoms with E-state index in [0.29, 0.717) is 23.8 Å². The molecule has 12 heteroatoms. The van der Waals surface area contributed by atoms with Crippen LogP contribution in [0.15, 0.2) is 48.5 Å². The predicted molar refractivity (Wildman–Crippen MR) is 138 cm³/mol. The molecule has 2 rings (SSSR count). The van der Waals surface area contributed by atoms with Crippen molar-refractivity contribution in [3.8, 4) is 11.5 Å². The average Bonchev–Trinajstić information content (AvgIpc) is 2.90. The zero-order valence-corrected chi connectivity index (χ0v) is 22.0. The Bertz CT molecular complexity index is 1000. The van der Waals surface area contributed by atoms with Gasteiger partial charge in [-0.15, -0.1) is 0 Å². The molecule has 0 radical (unpaired) electrons. The predicted octanol–water partition coefficient (Wildman–Crippen LogP) is 5.00. The van der Waals surface area contributed by atoms with Crippen LogP contribution in [-0.4, -0.2) is 80.9 Å². The van der Waals surface area contributed by atoms with Gasteiger partial charge in [-0.3, -0.25) is 0 Å². The van der Waals surface area contributed by atoms with Gasteiger partial charge in [0, 0.05) is 38.3 Å². The normalized spacial score (nSPS) is 12.0. The highest BCUT2D eigenvalue weighted by Crippen LogP contribution is 2.21. The molecule has 0 fully saturated rings. The second-order valence-electron chi connectivity index (χ2n) is 8.46. The van der Waals surface area contributed by atoms with E-state index >= 15 is 0 Å². The number of urea groups is 1. The minimum Gasteiger partial charge on any atom is -0.497 e. The van der Waals surface area contributed by atoms with Gasteiger partial charge in [0.05, 0.1) is 20.3 Å². The third-order valence-electron chi connectivity index (χ3n) is 5.50. The number of hydrogen-bond donors (Lipinski definition) is 2. The number of hydrogen-bond acceptors (Lipinski definition) is 6. The van der Waals surface area contributed by atoms with Crippen molar-refractivity contribution in [3.63, 3.8) is 0 Å². The zero-order chi connectivity index (χ0) is 28.7. The third kappa shape index (κ3) is 12.7. The summed E-state index contributed by atoms with van der Waals surface area (Å²) in [7, 11) is 1.53. The first-order valence-corrected chi connectivity index (χ1v) is 12.5. The summed E-state index contributed by atoms with van der Waals surface area (Å²) in [4.78, 5) is 25.6. The summed E-state index contributed by atoms with van der Waals surface area (Å²) < 4.78 is 58.3. The Labute approximate surface area is 225 Å². The number of benzene rings is 2. The van der Waals surface area contributed by atoms with Crippen molar-refractivity contribution >= 4 is 17.7 Å². The topological polar surface area (TPSA) is 107 Å². The van der Waals surface area contributed by atoms with E-state index in [4.69, 9.17) is 18.9 Å². The molecule has 39 heavy (non-hydrogen) atoms. The van der Waals surface area contributed by atoms with Gasteiger partial charge in [-0.05, 0) is 55.3 Å². The Hall–Kier alpha value is -3.51. The minimum atomic E-state index is -4.23. The molecule has 0 aliphatic heterocycles. The molecule has 2 N–H and O–H groups in total. The van der Waals surface area contributed by atoms with Crippen molar-refractivity contribution in [3.05, 3.63) is 54.1 Å². The number of alkyl halides is 3. The van der Waals surface area contributed by atoms with Crippen LogP contribution in [0.4, 0.5) is 23.7 Å². The fourth-order valence-electron chi connectivity index (χ4n) is 3.47. The fraction of sp³-hybridized carbons (Fsp3) is 0.481. The second kappa shape index (κ2) is 16.5. The number of nitrogens with one attached hydrogen (secondary N) is 1. The Balaban J connectivity index is 1.90. The van der Waals surface area contributed by atoms with Crippen LogP contribution >= 0.6 is 0 Å². The van der Waals surface area contributed by atoms with Crippen LogP contribution in [0, 0.1) is 0 Å². The lowest BCUT2D eigenvalue weighted by atomic mass is 10.1. The summed E-state index contributed by atoms with van der Waals surface area (Å²) in [5.41, 5.74) is 1.31. The quantitative estimate of drug-likeness (QED) is 0.264. The molecule has 1 atom stereocenters. The van der Waals surface area contributed by atoms with Crippen molar-refractivity contribution in [1.82, 2.24) is 4.90 Å². The Kier molecular flexibility index (Phi) is 13.4. The van der Waals surface area contributed by atoms with Gasteiger partial charge in [-0.1, -0.05) is 12.1 Å². The molecule has 0 aliphatic carbocycles. The molecule has 0 bridgehead atoms. The molecule has 9 nitrogen and oxygen atoms in total.